The first-order chi connectivity index (χ1) is 28.8. The maximum absolute atomic E-state index is 14.6. The minimum Gasteiger partial charge on any atom is -0.486 e. The molecule has 0 saturated heterocycles. The molecule has 0 N–H and O–H groups in total. The molecule has 1 radical (unpaired) electrons. The fourth-order valence-electron chi connectivity index (χ4n) is 7.36. The molecule has 1 saturated carbocycles. The smallest absolute Gasteiger partial charge is 0.216 e. The van der Waals surface area contributed by atoms with Crippen molar-refractivity contribution in [3.8, 4) is 33.6 Å². The summed E-state index contributed by atoms with van der Waals surface area (Å²) in [6.07, 6.45) is 14.5. The van der Waals surface area contributed by atoms with E-state index < -0.39 is 33.0 Å². The molecule has 0 spiro atoms. The van der Waals surface area contributed by atoms with Crippen LogP contribution in [0.25, 0.3) is 55.7 Å². The molecule has 291 valence electrons. The average Bonchev–Trinajstić information content (AvgIpc) is 3.62. The van der Waals surface area contributed by atoms with E-state index in [-0.39, 0.29) is 42.8 Å². The number of hydrogen-bond acceptors (Lipinski definition) is 5. The molecule has 2 aromatic carbocycles. The van der Waals surface area contributed by atoms with E-state index >= 15 is 0 Å². The summed E-state index contributed by atoms with van der Waals surface area (Å²) in [6, 6.07) is 22.8. The molecule has 5 nitrogen and oxygen atoms in total. The Balaban J connectivity index is 0.000000210. The number of hydrogen-bond donors (Lipinski definition) is 0. The van der Waals surface area contributed by atoms with Crippen LogP contribution in [0.3, 0.4) is 0 Å². The zero-order chi connectivity index (χ0) is 43.9. The molecule has 0 aliphatic heterocycles. The monoisotopic (exact) mass is 945 g/mol. The first kappa shape index (κ1) is 33.7. The molecule has 5 aromatic heterocycles. The molecule has 8 rings (SSSR count). The zero-order valence-electron chi connectivity index (χ0n) is 38.8. The van der Waals surface area contributed by atoms with Crippen LogP contribution in [-0.4, -0.2) is 28.0 Å². The first-order valence-corrected chi connectivity index (χ1v) is 22.6. The van der Waals surface area contributed by atoms with Gasteiger partial charge in [0.25, 0.3) is 0 Å². The van der Waals surface area contributed by atoms with Gasteiger partial charge in [0.15, 0.2) is 0 Å². The minimum atomic E-state index is -2.41. The standard InChI is InChI=1S/C29H26N3O.C19H25FNSi.Ir/c1-19(20-8-4-2-5-9-20)22-12-13-31-27(15-22)26-18-30-17-25-24-14-23(21-10-6-3-7-11-21)16-32-29(24)33-28(25)26;1-13(2)9-15-11-18(21-12-19(15)22(4,5)6)16-8-7-14(3)10-17(16)20;/h3,6-7,10-17,19-20H,2,4-5,8-9H2,1H3;7,10-13H,9H2,1-6H3;/q2*-1;/i19D;3D3,9D2;. The normalized spacial score (nSPS) is 16.6. The summed E-state index contributed by atoms with van der Waals surface area (Å²) in [5.74, 6) is -1.29. The number of pyridine rings is 4. The zero-order valence-corrected chi connectivity index (χ0v) is 36.2. The Hall–Kier alpha value is -4.36. The molecule has 0 amide bonds. The van der Waals surface area contributed by atoms with E-state index in [0.29, 0.717) is 28.3 Å². The Morgan fingerprint density at radius 3 is 2.38 bits per heavy atom. The summed E-state index contributed by atoms with van der Waals surface area (Å²) >= 11 is 0. The van der Waals surface area contributed by atoms with Gasteiger partial charge >= 0.3 is 0 Å². The molecule has 1 atom stereocenters. The second-order valence-electron chi connectivity index (χ2n) is 15.8. The van der Waals surface area contributed by atoms with Crippen molar-refractivity contribution >= 4 is 35.3 Å². The molecular weight excluding hydrogens is 888 g/mol. The average molecular weight is 945 g/mol. The Morgan fingerprint density at radius 2 is 1.66 bits per heavy atom. The third kappa shape index (κ3) is 9.25. The summed E-state index contributed by atoms with van der Waals surface area (Å²) < 4.78 is 69.3. The predicted molar refractivity (Wildman–Crippen MR) is 227 cm³/mol. The largest absolute Gasteiger partial charge is 0.486 e. The van der Waals surface area contributed by atoms with Crippen LogP contribution in [-0.2, 0) is 26.5 Å². The van der Waals surface area contributed by atoms with E-state index in [9.17, 15) is 5.76 Å². The van der Waals surface area contributed by atoms with E-state index in [2.05, 4.69) is 70.0 Å². The summed E-state index contributed by atoms with van der Waals surface area (Å²) in [4.78, 5) is 18.0. The van der Waals surface area contributed by atoms with Crippen molar-refractivity contribution in [3.05, 3.63) is 126 Å². The number of fused-ring (bicyclic) bond motifs is 3. The van der Waals surface area contributed by atoms with Crippen LogP contribution in [0.1, 0.15) is 83.7 Å². The van der Waals surface area contributed by atoms with Gasteiger partial charge in [0.05, 0.1) is 13.7 Å². The second-order valence-corrected chi connectivity index (χ2v) is 20.8. The van der Waals surface area contributed by atoms with Gasteiger partial charge in [0.2, 0.25) is 5.71 Å². The van der Waals surface area contributed by atoms with Gasteiger partial charge in [0.1, 0.15) is 0 Å². The van der Waals surface area contributed by atoms with Crippen molar-refractivity contribution in [1.29, 1.82) is 0 Å². The van der Waals surface area contributed by atoms with Gasteiger partial charge in [-0.2, -0.15) is 0 Å². The number of aryl methyl sites for hydroxylation is 1. The fraction of sp³-hybridized carbons (Fsp3) is 0.333. The van der Waals surface area contributed by atoms with E-state index in [1.807, 2.05) is 57.3 Å². The van der Waals surface area contributed by atoms with Crippen LogP contribution in [0.15, 0.2) is 95.9 Å². The van der Waals surface area contributed by atoms with Crippen LogP contribution >= 0.6 is 0 Å². The summed E-state index contributed by atoms with van der Waals surface area (Å²) in [6.45, 7) is 9.59. The van der Waals surface area contributed by atoms with Gasteiger partial charge in [-0.15, -0.1) is 23.8 Å². The molecule has 1 aliphatic carbocycles. The maximum Gasteiger partial charge on any atom is 0.216 e. The minimum absolute atomic E-state index is 0. The van der Waals surface area contributed by atoms with Gasteiger partial charge < -0.3 is 19.4 Å². The van der Waals surface area contributed by atoms with Crippen molar-refractivity contribution in [2.75, 3.05) is 0 Å². The van der Waals surface area contributed by atoms with Crippen molar-refractivity contribution in [2.24, 2.45) is 11.8 Å². The quantitative estimate of drug-likeness (QED) is 0.112. The Bertz CT molecular complexity index is 2680. The Morgan fingerprint density at radius 1 is 0.893 bits per heavy atom. The molecule has 1 fully saturated rings. The first-order valence-electron chi connectivity index (χ1n) is 22.1. The number of halogens is 1. The molecular formula is C48H51FIrN4OSi-2. The molecule has 8 heteroatoms. The van der Waals surface area contributed by atoms with Crippen molar-refractivity contribution in [2.45, 2.75) is 91.6 Å². The van der Waals surface area contributed by atoms with E-state index in [1.165, 1.54) is 25.3 Å². The van der Waals surface area contributed by atoms with Gasteiger partial charge in [0, 0.05) is 63.7 Å². The third-order valence-corrected chi connectivity index (χ3v) is 12.3. The van der Waals surface area contributed by atoms with E-state index in [4.69, 9.17) is 11.3 Å². The summed E-state index contributed by atoms with van der Waals surface area (Å²) in [5.41, 5.74) is 6.50. The van der Waals surface area contributed by atoms with E-state index in [1.54, 1.807) is 24.7 Å². The predicted octanol–water partition coefficient (Wildman–Crippen LogP) is 12.3. The maximum atomic E-state index is 14.6. The van der Waals surface area contributed by atoms with Crippen molar-refractivity contribution < 1.29 is 37.1 Å². The third-order valence-electron chi connectivity index (χ3n) is 10.3. The number of furan rings is 1. The van der Waals surface area contributed by atoms with Crippen molar-refractivity contribution in [1.82, 2.24) is 19.9 Å². The summed E-state index contributed by atoms with van der Waals surface area (Å²) in [7, 11) is -1.89. The molecule has 1 aliphatic rings. The molecule has 0 bridgehead atoms. The van der Waals surface area contributed by atoms with Crippen LogP contribution in [0, 0.1) is 36.8 Å². The summed E-state index contributed by atoms with van der Waals surface area (Å²) in [5, 5.41) is 2.70. The fourth-order valence-corrected chi connectivity index (χ4v) is 8.76. The van der Waals surface area contributed by atoms with Crippen LogP contribution in [0.2, 0.25) is 19.6 Å². The number of rotatable bonds is 8. The van der Waals surface area contributed by atoms with Gasteiger partial charge in [-0.1, -0.05) is 131 Å². The second kappa shape index (κ2) is 17.8. The van der Waals surface area contributed by atoms with Gasteiger partial charge in [-0.25, -0.2) is 4.98 Å². The number of nitrogens with zero attached hydrogens (tertiary/aromatic N) is 4. The Kier molecular flexibility index (Phi) is 10.7. The molecule has 5 heterocycles. The SMILES string of the molecule is [2H]C(C)(c1ccnc(-c2[c-]ncc3c2oc2ncc(-c4ccccc4)cc23)c1)C1CCCCC1.[2H]C([2H])([2H])c1c[c-]c(-c2cc(C([2H])([2H])C(C)C)c([Si](C)(C)C)cn2)c(F)c1.[Ir]. The Labute approximate surface area is 354 Å². The van der Waals surface area contributed by atoms with E-state index in [0.717, 1.165) is 57.3 Å². The molecule has 7 aromatic rings. The molecule has 1 unspecified atom stereocenters. The van der Waals surface area contributed by atoms with Gasteiger partial charge in [-0.3, -0.25) is 4.39 Å². The van der Waals surface area contributed by atoms with Crippen LogP contribution in [0.4, 0.5) is 4.39 Å². The van der Waals surface area contributed by atoms with Crippen LogP contribution < -0.4 is 5.19 Å². The van der Waals surface area contributed by atoms with Gasteiger partial charge in [-0.05, 0) is 89.0 Å². The van der Waals surface area contributed by atoms with Crippen molar-refractivity contribution in [3.63, 3.8) is 0 Å². The topological polar surface area (TPSA) is 64.7 Å². The molecule has 56 heavy (non-hydrogen) atoms. The number of aromatic nitrogens is 4. The number of benzene rings is 2. The van der Waals surface area contributed by atoms with Crippen LogP contribution in [0.5, 0.6) is 0 Å².